The third-order valence-electron chi connectivity index (χ3n) is 13.2. The Morgan fingerprint density at radius 2 is 0.899 bits per heavy atom. The highest BCUT2D eigenvalue weighted by molar-refractivity contribution is 7.92. The number of rotatable bonds is 37. The Morgan fingerprint density at radius 3 is 1.18 bits per heavy atom. The molecule has 0 bridgehead atoms. The fraction of sp³-hybridized carbons (Fsp3) is 0.741. The first-order valence-corrected chi connectivity index (χ1v) is 33.4. The number of H-pyrrole nitrogens is 2. The molecule has 0 amide bonds. The lowest BCUT2D eigenvalue weighted by molar-refractivity contribution is -0.447. The second-order valence-corrected chi connectivity index (χ2v) is 27.3. The van der Waals surface area contributed by atoms with E-state index in [1.165, 1.54) is 62.3 Å². The summed E-state index contributed by atoms with van der Waals surface area (Å²) in [5, 5.41) is 27.7. The highest BCUT2D eigenvalue weighted by Crippen LogP contribution is 2.55. The average Bonchev–Trinajstić information content (AvgIpc) is 1.58. The maximum absolute atomic E-state index is 15.4. The quantitative estimate of drug-likeness (QED) is 0.00664. The monoisotopic (exact) mass is 1500 g/mol. The number of ether oxygens (including phenoxy) is 12. The summed E-state index contributed by atoms with van der Waals surface area (Å²) < 4.78 is 158. The van der Waals surface area contributed by atoms with E-state index < -0.39 is 218 Å². The molecule has 2 saturated heterocycles. The molecule has 0 aliphatic carbocycles. The van der Waals surface area contributed by atoms with Gasteiger partial charge in [0.1, 0.15) is 42.8 Å². The van der Waals surface area contributed by atoms with Crippen LogP contribution < -0.4 is 27.2 Å². The largest absolute Gasteiger partial charge is 0.510 e. The van der Waals surface area contributed by atoms with Crippen molar-refractivity contribution in [1.29, 1.82) is 0 Å². The van der Waals surface area contributed by atoms with Gasteiger partial charge in [-0.25, -0.2) is 74.4 Å². The first-order chi connectivity index (χ1) is 46.1. The molecule has 10 atom stereocenters. The summed E-state index contributed by atoms with van der Waals surface area (Å²) in [6.07, 6.45) is -13.2. The van der Waals surface area contributed by atoms with E-state index >= 15 is 8.78 Å². The first kappa shape index (κ1) is 86.7. The van der Waals surface area contributed by atoms with Crippen LogP contribution in [-0.4, -0.2) is 192 Å². The van der Waals surface area contributed by atoms with E-state index in [1.807, 2.05) is 9.97 Å². The number of aromatic nitrogens is 4. The van der Waals surface area contributed by atoms with Crippen molar-refractivity contribution < 1.29 is 155 Å². The maximum atomic E-state index is 15.4. The molecule has 0 aromatic carbocycles. The van der Waals surface area contributed by atoms with Gasteiger partial charge in [0.25, 0.3) is 11.1 Å². The van der Waals surface area contributed by atoms with Crippen LogP contribution in [0.2, 0.25) is 0 Å². The predicted molar refractivity (Wildman–Crippen MR) is 326 cm³/mol. The van der Waals surface area contributed by atoms with Gasteiger partial charge in [-0.15, -0.1) is 4.33 Å². The summed E-state index contributed by atoms with van der Waals surface area (Å²) in [4.78, 5) is 131. The van der Waals surface area contributed by atoms with Gasteiger partial charge in [0.05, 0.1) is 50.7 Å². The molecule has 2 fully saturated rings. The van der Waals surface area contributed by atoms with Crippen molar-refractivity contribution in [3.05, 3.63) is 66.2 Å². The lowest BCUT2D eigenvalue weighted by Gasteiger charge is -2.35. The Bertz CT molecular complexity index is 3250. The van der Waals surface area contributed by atoms with Gasteiger partial charge in [-0.1, -0.05) is 39.7 Å². The number of aliphatic hydroxyl groups is 2. The van der Waals surface area contributed by atoms with Crippen molar-refractivity contribution in [1.82, 2.24) is 23.8 Å². The molecule has 566 valence electrons. The van der Waals surface area contributed by atoms with E-state index in [9.17, 15) is 67.3 Å². The van der Waals surface area contributed by atoms with Crippen molar-refractivity contribution in [3.63, 3.8) is 0 Å². The summed E-state index contributed by atoms with van der Waals surface area (Å²) in [5.74, 6) is -3.56. The molecular weight excluding hydrogens is 1410 g/mol. The Kier molecular flexibility index (Phi) is 34.2. The zero-order valence-corrected chi connectivity index (χ0v) is 59.3. The van der Waals surface area contributed by atoms with E-state index in [0.717, 1.165) is 50.1 Å². The summed E-state index contributed by atoms with van der Waals surface area (Å²) in [7, 11) is -8.94. The van der Waals surface area contributed by atoms with Crippen LogP contribution >= 0.6 is 27.9 Å². The van der Waals surface area contributed by atoms with E-state index in [2.05, 4.69) is 37.9 Å². The molecule has 4 rings (SSSR count). The molecule has 45 heteroatoms. The second-order valence-electron chi connectivity index (χ2n) is 23.4. The Labute approximate surface area is 567 Å². The molecule has 40 nitrogen and oxygen atoms in total. The Morgan fingerprint density at radius 1 is 0.566 bits per heavy atom. The second kappa shape index (κ2) is 39.1. The van der Waals surface area contributed by atoms with Crippen LogP contribution in [0.1, 0.15) is 116 Å². The van der Waals surface area contributed by atoms with Gasteiger partial charge in [-0.2, -0.15) is 0 Å². The number of phosphoric ester groups is 2. The maximum Gasteiger partial charge on any atom is 0.510 e. The number of alkyl halides is 2. The Hall–Kier alpha value is -6.51. The summed E-state index contributed by atoms with van der Waals surface area (Å²) >= 11 is 0.416. The number of nitrogens with one attached hydrogen (secondary N) is 3. The number of halogens is 2. The molecule has 2 aromatic rings. The van der Waals surface area contributed by atoms with Gasteiger partial charge < -0.3 is 67.1 Å². The zero-order valence-electron chi connectivity index (χ0n) is 56.7. The summed E-state index contributed by atoms with van der Waals surface area (Å²) in [6.45, 7) is 12.3. The molecule has 0 spiro atoms. The minimum Gasteiger partial charge on any atom is -0.456 e. The zero-order chi connectivity index (χ0) is 75.0. The van der Waals surface area contributed by atoms with Crippen LogP contribution in [0.5, 0.6) is 0 Å². The van der Waals surface area contributed by atoms with Crippen LogP contribution in [0.25, 0.3) is 0 Å². The molecule has 0 radical (unpaired) electrons. The molecule has 2 aliphatic heterocycles. The number of esters is 2. The molecule has 2 aromatic heterocycles. The van der Waals surface area contributed by atoms with Gasteiger partial charge in [-0.3, -0.25) is 47.3 Å². The minimum atomic E-state index is -5.08. The molecular formula is C54H85F2N5O35P2S. The van der Waals surface area contributed by atoms with Crippen molar-refractivity contribution in [2.45, 2.75) is 181 Å². The number of nitrogens with zero attached hydrogens (tertiary/aromatic N) is 2. The Balaban J connectivity index is 0.000000518. The standard InChI is InChI=1S/C27H43FN3O19PS.C27H42FN2O16P/c1-15(2)19(30-52-50-49-39-8)20(33)47-21-26(7,37)22(31-10-9-18(32)29-23(31)34)48-27(21,11-28)12-42-51(38,43-13-40-24(35)45-16(3)4)44-14-41-25(36)46-17(5)6;1-15(2)18(7)20(32)45-21-26(8,36)22(30-10-9-19(31)29-23(30)33)46-27(21,11-28)12-40-47(37,41-13-38-24(34)43-16(3)4)42-14-39-25(35)44-17(5)6/h9-10,15-17,19,21-22,30,37H,11-14H2,1-8H3,(H,29,32,34);9-10,15-18,21-22,36H,11-14H2,1-8H3,(H,29,31,33)/t19-,21+,22-,26-,27-;18-,21+,22-,26-,27-/m11/s1. The van der Waals surface area contributed by atoms with Crippen LogP contribution in [0.3, 0.4) is 0 Å². The third-order valence-corrected chi connectivity index (χ3v) is 16.3. The molecule has 99 heavy (non-hydrogen) atoms. The van der Waals surface area contributed by atoms with E-state index in [-0.39, 0.29) is 5.92 Å². The molecule has 4 heterocycles. The van der Waals surface area contributed by atoms with Gasteiger partial charge in [0, 0.05) is 24.5 Å². The van der Waals surface area contributed by atoms with Crippen LogP contribution in [0.15, 0.2) is 43.7 Å². The lowest BCUT2D eigenvalue weighted by Crippen LogP contribution is -2.57. The highest BCUT2D eigenvalue weighted by atomic mass is 32.2. The van der Waals surface area contributed by atoms with Gasteiger partial charge >= 0.3 is 63.6 Å². The summed E-state index contributed by atoms with van der Waals surface area (Å²) in [5.41, 5.74) is -13.8. The van der Waals surface area contributed by atoms with Crippen molar-refractivity contribution >= 4 is 64.4 Å². The van der Waals surface area contributed by atoms with Crippen LogP contribution in [0, 0.1) is 17.8 Å². The van der Waals surface area contributed by atoms with Gasteiger partial charge in [-0.05, 0) is 81.1 Å². The molecule has 5 N–H and O–H groups in total. The summed E-state index contributed by atoms with van der Waals surface area (Å²) in [6, 6.07) is 0.590. The van der Waals surface area contributed by atoms with Crippen LogP contribution in [-0.2, 0) is 117 Å². The van der Waals surface area contributed by atoms with Crippen molar-refractivity contribution in [3.8, 4) is 0 Å². The van der Waals surface area contributed by atoms with E-state index in [0.29, 0.717) is 16.8 Å². The number of carbonyl (C=O) groups is 6. The smallest absolute Gasteiger partial charge is 0.456 e. The number of hydrogen-bond acceptors (Lipinski definition) is 37. The van der Waals surface area contributed by atoms with Crippen molar-refractivity contribution in [2.75, 3.05) is 60.8 Å². The van der Waals surface area contributed by atoms with E-state index in [4.69, 9.17) is 65.0 Å². The fourth-order valence-electron chi connectivity index (χ4n) is 8.30. The average molecular weight is 1500 g/mol. The van der Waals surface area contributed by atoms with Crippen LogP contribution in [0.4, 0.5) is 28.0 Å². The lowest BCUT2D eigenvalue weighted by atomic mass is 9.87. The van der Waals surface area contributed by atoms with Gasteiger partial charge in [0.2, 0.25) is 27.2 Å². The highest BCUT2D eigenvalue weighted by Gasteiger charge is 2.67. The van der Waals surface area contributed by atoms with Gasteiger partial charge in [0.15, 0.2) is 35.9 Å². The third kappa shape index (κ3) is 26.1. The molecule has 0 saturated carbocycles. The normalized spacial score (nSPS) is 22.9. The first-order valence-electron chi connectivity index (χ1n) is 29.7. The van der Waals surface area contributed by atoms with E-state index in [1.54, 1.807) is 27.7 Å². The predicted octanol–water partition coefficient (Wildman–Crippen LogP) is 5.24. The fourth-order valence-corrected chi connectivity index (χ4v) is 10.8. The number of aromatic amines is 2. The number of carbonyl (C=O) groups excluding carboxylic acids is 6. The topological polar surface area (TPSA) is 493 Å². The van der Waals surface area contributed by atoms with Crippen molar-refractivity contribution in [2.24, 2.45) is 17.8 Å². The number of phosphoric acid groups is 2. The number of hydrogen-bond donors (Lipinski definition) is 5. The minimum absolute atomic E-state index is 0.254. The molecule has 2 aliphatic rings. The SMILES string of the molecule is CC(C)OC(=O)OCOP(=O)(OCOC(=O)OC(C)C)OC[C@@]1(CF)O[C@@H](n2ccc(=O)[nH]c2=O)[C@](C)(O)[C@@H]1OC(=O)[C@H](C)C(C)C.COOOSN[C@@H](C(=O)O[C@@H]1[C@@](CF)(COP(=O)(OCOC(=O)OC(C)C)OCOC(=O)OC(C)C)O[C@@H](n2ccc(=O)[nH]c2=O)[C@]1(C)O)C(C)C. The molecule has 0 unspecified atom stereocenters.